The Kier molecular flexibility index (Phi) is 4.86. The van der Waals surface area contributed by atoms with Crippen LogP contribution in [0.15, 0.2) is 21.9 Å². The first-order valence-corrected chi connectivity index (χ1v) is 9.25. The molecule has 0 saturated carbocycles. The molecule has 126 valence electrons. The number of aromatic nitrogens is 3. The van der Waals surface area contributed by atoms with Crippen LogP contribution in [0.4, 0.5) is 0 Å². The first kappa shape index (κ1) is 16.9. The molecular weight excluding hydrogens is 344 g/mol. The van der Waals surface area contributed by atoms with Crippen molar-refractivity contribution >= 4 is 39.2 Å². The number of rotatable bonds is 5. The molecule has 3 heterocycles. The van der Waals surface area contributed by atoms with Gasteiger partial charge in [-0.2, -0.15) is 0 Å². The van der Waals surface area contributed by atoms with Gasteiger partial charge in [-0.3, -0.25) is 4.79 Å². The van der Waals surface area contributed by atoms with Crippen LogP contribution >= 0.6 is 23.1 Å². The van der Waals surface area contributed by atoms with E-state index in [1.54, 1.807) is 29.6 Å². The summed E-state index contributed by atoms with van der Waals surface area (Å²) in [6, 6.07) is 1.84. The molecule has 0 aliphatic heterocycles. The van der Waals surface area contributed by atoms with Crippen LogP contribution in [-0.4, -0.2) is 38.7 Å². The molecule has 0 saturated heterocycles. The molecule has 0 aliphatic rings. The van der Waals surface area contributed by atoms with Gasteiger partial charge in [-0.25, -0.2) is 9.97 Å². The van der Waals surface area contributed by atoms with Gasteiger partial charge in [0.1, 0.15) is 27.6 Å². The molecule has 6 nitrogen and oxygen atoms in total. The van der Waals surface area contributed by atoms with Crippen molar-refractivity contribution < 1.29 is 9.32 Å². The van der Waals surface area contributed by atoms with Crippen LogP contribution in [0.5, 0.6) is 0 Å². The van der Waals surface area contributed by atoms with E-state index in [1.807, 2.05) is 13.0 Å². The lowest BCUT2D eigenvalue weighted by Gasteiger charge is -2.15. The molecular formula is C16H18N4O2S2. The van der Waals surface area contributed by atoms with Gasteiger partial charge in [0.25, 0.3) is 0 Å². The van der Waals surface area contributed by atoms with Gasteiger partial charge in [0.15, 0.2) is 0 Å². The van der Waals surface area contributed by atoms with Crippen LogP contribution in [-0.2, 0) is 11.3 Å². The van der Waals surface area contributed by atoms with Crippen molar-refractivity contribution in [3.63, 3.8) is 0 Å². The molecule has 0 radical (unpaired) electrons. The summed E-state index contributed by atoms with van der Waals surface area (Å²) < 4.78 is 5.03. The number of thioether (sulfide) groups is 1. The van der Waals surface area contributed by atoms with E-state index in [2.05, 4.69) is 29.0 Å². The summed E-state index contributed by atoms with van der Waals surface area (Å²) in [5, 5.41) is 5.84. The fourth-order valence-corrected chi connectivity index (χ4v) is 4.38. The maximum absolute atomic E-state index is 12.4. The van der Waals surface area contributed by atoms with Crippen molar-refractivity contribution in [1.82, 2.24) is 20.0 Å². The van der Waals surface area contributed by atoms with Gasteiger partial charge in [-0.05, 0) is 26.3 Å². The Morgan fingerprint density at radius 1 is 1.33 bits per heavy atom. The van der Waals surface area contributed by atoms with Gasteiger partial charge in [-0.15, -0.1) is 11.3 Å². The number of carbonyl (C=O) groups excluding carboxylic acids is 1. The predicted octanol–water partition coefficient (Wildman–Crippen LogP) is 3.36. The molecule has 0 aromatic carbocycles. The van der Waals surface area contributed by atoms with Gasteiger partial charge < -0.3 is 9.42 Å². The van der Waals surface area contributed by atoms with Crippen molar-refractivity contribution in [2.75, 3.05) is 12.8 Å². The maximum Gasteiger partial charge on any atom is 0.233 e. The third-order valence-electron chi connectivity index (χ3n) is 3.76. The zero-order valence-corrected chi connectivity index (χ0v) is 15.6. The van der Waals surface area contributed by atoms with E-state index >= 15 is 0 Å². The first-order chi connectivity index (χ1) is 11.5. The Morgan fingerprint density at radius 3 is 2.83 bits per heavy atom. The summed E-state index contributed by atoms with van der Waals surface area (Å²) in [5.41, 5.74) is 1.94. The Hall–Kier alpha value is -1.93. The molecule has 24 heavy (non-hydrogen) atoms. The van der Waals surface area contributed by atoms with Crippen molar-refractivity contribution in [3.05, 3.63) is 34.3 Å². The second-order valence-corrected chi connectivity index (χ2v) is 7.78. The molecule has 3 aromatic heterocycles. The Morgan fingerprint density at radius 2 is 2.12 bits per heavy atom. The van der Waals surface area contributed by atoms with E-state index in [1.165, 1.54) is 22.2 Å². The Bertz CT molecular complexity index is 887. The van der Waals surface area contributed by atoms with E-state index in [9.17, 15) is 4.79 Å². The van der Waals surface area contributed by atoms with Gasteiger partial charge in [0.05, 0.1) is 12.3 Å². The average Bonchev–Trinajstić information content (AvgIpc) is 3.08. The fraction of sp³-hybridized carbons (Fsp3) is 0.375. The van der Waals surface area contributed by atoms with Gasteiger partial charge in [0, 0.05) is 23.4 Å². The molecule has 0 fully saturated rings. The van der Waals surface area contributed by atoms with Crippen LogP contribution in [0, 0.1) is 20.8 Å². The highest BCUT2D eigenvalue weighted by Crippen LogP contribution is 2.34. The number of hydrogen-bond acceptors (Lipinski definition) is 7. The van der Waals surface area contributed by atoms with Crippen molar-refractivity contribution in [2.45, 2.75) is 32.3 Å². The molecule has 0 bridgehead atoms. The highest BCUT2D eigenvalue weighted by Gasteiger charge is 2.16. The predicted molar refractivity (Wildman–Crippen MR) is 95.3 cm³/mol. The highest BCUT2D eigenvalue weighted by atomic mass is 32.2. The Balaban J connectivity index is 1.68. The number of aryl methyl sites for hydroxylation is 3. The lowest BCUT2D eigenvalue weighted by Crippen LogP contribution is -2.27. The minimum atomic E-state index is 0.0250. The molecule has 0 N–H and O–H groups in total. The maximum atomic E-state index is 12.4. The first-order valence-electron chi connectivity index (χ1n) is 7.45. The average molecular weight is 362 g/mol. The van der Waals surface area contributed by atoms with E-state index < -0.39 is 0 Å². The second kappa shape index (κ2) is 6.90. The number of thiophene rings is 1. The van der Waals surface area contributed by atoms with Crippen molar-refractivity contribution in [3.8, 4) is 0 Å². The summed E-state index contributed by atoms with van der Waals surface area (Å²) >= 11 is 3.11. The highest BCUT2D eigenvalue weighted by molar-refractivity contribution is 8.00. The SMILES string of the molecule is Cc1cc(CN(C)C(=O)CSc2ncnc3sc(C)c(C)c23)no1. The molecule has 8 heteroatoms. The van der Waals surface area contributed by atoms with Crippen LogP contribution in [0.25, 0.3) is 10.2 Å². The zero-order chi connectivity index (χ0) is 17.3. The second-order valence-electron chi connectivity index (χ2n) is 5.61. The molecule has 0 spiro atoms. The summed E-state index contributed by atoms with van der Waals surface area (Å²) in [6.45, 7) is 6.42. The lowest BCUT2D eigenvalue weighted by molar-refractivity contribution is -0.127. The van der Waals surface area contributed by atoms with E-state index in [-0.39, 0.29) is 5.91 Å². The van der Waals surface area contributed by atoms with Gasteiger partial charge in [-0.1, -0.05) is 16.9 Å². The van der Waals surface area contributed by atoms with Gasteiger partial charge >= 0.3 is 0 Å². The Labute approximate surface area is 148 Å². The van der Waals surface area contributed by atoms with Crippen LogP contribution in [0.1, 0.15) is 21.9 Å². The van der Waals surface area contributed by atoms with E-state index in [4.69, 9.17) is 4.52 Å². The zero-order valence-electron chi connectivity index (χ0n) is 14.0. The van der Waals surface area contributed by atoms with E-state index in [0.29, 0.717) is 12.3 Å². The standard InChI is InChI=1S/C16H18N4O2S2/c1-9-5-12(19-22-9)6-20(4)13(21)7-23-15-14-10(2)11(3)24-16(14)18-8-17-15/h5,8H,6-7H2,1-4H3. The monoisotopic (exact) mass is 362 g/mol. The molecule has 0 unspecified atom stereocenters. The third kappa shape index (κ3) is 3.44. The van der Waals surface area contributed by atoms with Crippen molar-refractivity contribution in [2.24, 2.45) is 0 Å². The summed E-state index contributed by atoms with van der Waals surface area (Å²) in [5.74, 6) is 1.09. The largest absolute Gasteiger partial charge is 0.361 e. The third-order valence-corrected chi connectivity index (χ3v) is 5.85. The quantitative estimate of drug-likeness (QED) is 0.512. The van der Waals surface area contributed by atoms with Crippen LogP contribution in [0.3, 0.4) is 0 Å². The molecule has 0 atom stereocenters. The van der Waals surface area contributed by atoms with Crippen LogP contribution < -0.4 is 0 Å². The van der Waals surface area contributed by atoms with Gasteiger partial charge in [0.2, 0.25) is 5.91 Å². The summed E-state index contributed by atoms with van der Waals surface area (Å²) in [6.07, 6.45) is 1.56. The number of fused-ring (bicyclic) bond motifs is 1. The summed E-state index contributed by atoms with van der Waals surface area (Å²) in [4.78, 5) is 24.9. The topological polar surface area (TPSA) is 72.1 Å². The fourth-order valence-electron chi connectivity index (χ4n) is 2.32. The van der Waals surface area contributed by atoms with Crippen molar-refractivity contribution in [1.29, 1.82) is 0 Å². The smallest absolute Gasteiger partial charge is 0.233 e. The number of nitrogens with zero attached hydrogens (tertiary/aromatic N) is 4. The number of hydrogen-bond donors (Lipinski definition) is 0. The lowest BCUT2D eigenvalue weighted by atomic mass is 10.2. The number of carbonyl (C=O) groups is 1. The molecule has 1 amide bonds. The summed E-state index contributed by atoms with van der Waals surface area (Å²) in [7, 11) is 1.77. The molecule has 3 rings (SSSR count). The minimum absolute atomic E-state index is 0.0250. The number of amides is 1. The minimum Gasteiger partial charge on any atom is -0.361 e. The van der Waals surface area contributed by atoms with Crippen LogP contribution in [0.2, 0.25) is 0 Å². The molecule has 0 aliphatic carbocycles. The van der Waals surface area contributed by atoms with E-state index in [0.717, 1.165) is 26.7 Å². The normalized spacial score (nSPS) is 11.2. The molecule has 3 aromatic rings.